The second-order valence-corrected chi connectivity index (χ2v) is 5.23. The number of likely N-dealkylation sites (N-methyl/N-ethyl adjacent to an activating group) is 1. The van der Waals surface area contributed by atoms with Crippen LogP contribution in [0.25, 0.3) is 0 Å². The molecule has 1 atom stereocenters. The molecule has 0 bridgehead atoms. The maximum Gasteiger partial charge on any atom is 0.323 e. The van der Waals surface area contributed by atoms with Gasteiger partial charge in [0.1, 0.15) is 10.5 Å². The first-order valence-electron chi connectivity index (χ1n) is 5.85. The first-order chi connectivity index (χ1) is 8.54. The highest BCUT2D eigenvalue weighted by Gasteiger charge is 2.18. The quantitative estimate of drug-likeness (QED) is 0.366. The molecule has 0 radical (unpaired) electrons. The Morgan fingerprint density at radius 2 is 2.06 bits per heavy atom. The highest BCUT2D eigenvalue weighted by atomic mass is 127. The molecule has 0 amide bonds. The van der Waals surface area contributed by atoms with Gasteiger partial charge in [0, 0.05) is 6.54 Å². The summed E-state index contributed by atoms with van der Waals surface area (Å²) in [5, 5.41) is 10.3. The molecule has 1 aromatic carbocycles. The van der Waals surface area contributed by atoms with Crippen molar-refractivity contribution in [3.05, 3.63) is 35.4 Å². The third-order valence-corrected chi connectivity index (χ3v) is 3.76. The Morgan fingerprint density at radius 3 is 2.61 bits per heavy atom. The first-order valence-corrected chi connectivity index (χ1v) is 7.10. The number of carbonyl (C=O) groups is 1. The molecule has 0 aliphatic heterocycles. The van der Waals surface area contributed by atoms with Gasteiger partial charge in [-0.15, -0.1) is 0 Å². The van der Waals surface area contributed by atoms with Crippen LogP contribution >= 0.6 is 22.6 Å². The molecule has 5 heteroatoms. The molecule has 1 N–H and O–H groups in total. The molecule has 0 saturated heterocycles. The summed E-state index contributed by atoms with van der Waals surface area (Å²) in [5.41, 5.74) is 2.09. The lowest BCUT2D eigenvalue weighted by atomic mass is 10.1. The number of aryl methyl sites for hydroxylation is 1. The zero-order valence-electron chi connectivity index (χ0n) is 10.6. The predicted molar refractivity (Wildman–Crippen MR) is 77.9 cm³/mol. The van der Waals surface area contributed by atoms with Crippen LogP contribution in [0.2, 0.25) is 0 Å². The Balaban J connectivity index is 2.44. The minimum Gasteiger partial charge on any atom is -0.463 e. The number of hydrogen-bond acceptors (Lipinski definition) is 4. The van der Waals surface area contributed by atoms with E-state index in [0.29, 0.717) is 13.1 Å². The molecule has 0 spiro atoms. The number of esters is 1. The van der Waals surface area contributed by atoms with Crippen molar-refractivity contribution in [2.75, 3.05) is 19.7 Å². The maximum absolute atomic E-state index is 11.8. The summed E-state index contributed by atoms with van der Waals surface area (Å²) in [4.78, 5) is 11.8. The topological polar surface area (TPSA) is 49.8 Å². The van der Waals surface area contributed by atoms with Gasteiger partial charge in [-0.2, -0.15) is 5.06 Å². The van der Waals surface area contributed by atoms with Crippen LogP contribution in [0.1, 0.15) is 22.0 Å². The number of rotatable bonds is 6. The summed E-state index contributed by atoms with van der Waals surface area (Å²) in [5.74, 6) is -0.274. The van der Waals surface area contributed by atoms with Crippen LogP contribution in [-0.2, 0) is 9.53 Å². The van der Waals surface area contributed by atoms with E-state index in [1.54, 1.807) is 0 Å². The molecule has 0 heterocycles. The Kier molecular flexibility index (Phi) is 6.59. The molecule has 100 valence electrons. The van der Waals surface area contributed by atoms with Crippen LogP contribution in [-0.4, -0.2) is 35.9 Å². The largest absolute Gasteiger partial charge is 0.463 e. The lowest BCUT2D eigenvalue weighted by Crippen LogP contribution is -2.25. The van der Waals surface area contributed by atoms with E-state index >= 15 is 0 Å². The molecule has 0 aliphatic carbocycles. The molecule has 0 saturated carbocycles. The highest BCUT2D eigenvalue weighted by molar-refractivity contribution is 14.1. The van der Waals surface area contributed by atoms with Gasteiger partial charge in [0.25, 0.3) is 0 Å². The summed E-state index contributed by atoms with van der Waals surface area (Å²) >= 11 is 2.06. The average molecular weight is 363 g/mol. The van der Waals surface area contributed by atoms with Crippen LogP contribution < -0.4 is 0 Å². The number of ether oxygens (including phenoxy) is 1. The standard InChI is InChI=1S/C13H18INO3/c1-3-15(17)8-9-18-13(16)12(14)11-6-4-10(2)5-7-11/h4-7,12,17H,3,8-9H2,1-2H3. The van der Waals surface area contributed by atoms with E-state index in [1.165, 1.54) is 0 Å². The monoisotopic (exact) mass is 363 g/mol. The van der Waals surface area contributed by atoms with Gasteiger partial charge in [0.2, 0.25) is 0 Å². The van der Waals surface area contributed by atoms with E-state index in [9.17, 15) is 10.0 Å². The average Bonchev–Trinajstić information content (AvgIpc) is 2.38. The number of nitrogens with zero attached hydrogens (tertiary/aromatic N) is 1. The van der Waals surface area contributed by atoms with Gasteiger partial charge in [-0.05, 0) is 12.5 Å². The summed E-state index contributed by atoms with van der Waals surface area (Å²) < 4.78 is 4.80. The van der Waals surface area contributed by atoms with Gasteiger partial charge in [0.15, 0.2) is 0 Å². The van der Waals surface area contributed by atoms with Crippen LogP contribution in [0.15, 0.2) is 24.3 Å². The number of carbonyl (C=O) groups excluding carboxylic acids is 1. The van der Waals surface area contributed by atoms with Gasteiger partial charge in [-0.1, -0.05) is 59.3 Å². The molecule has 0 aliphatic rings. The van der Waals surface area contributed by atoms with E-state index in [-0.39, 0.29) is 16.5 Å². The lowest BCUT2D eigenvalue weighted by Gasteiger charge is -2.14. The minimum absolute atomic E-state index is 0.203. The summed E-state index contributed by atoms with van der Waals surface area (Å²) in [6.45, 7) is 4.89. The summed E-state index contributed by atoms with van der Waals surface area (Å²) in [7, 11) is 0. The fourth-order valence-corrected chi connectivity index (χ4v) is 1.95. The van der Waals surface area contributed by atoms with Crippen molar-refractivity contribution in [2.45, 2.75) is 17.8 Å². The van der Waals surface area contributed by atoms with Crippen molar-refractivity contribution in [3.8, 4) is 0 Å². The van der Waals surface area contributed by atoms with Gasteiger partial charge >= 0.3 is 5.97 Å². The van der Waals surface area contributed by atoms with E-state index in [2.05, 4.69) is 22.6 Å². The smallest absolute Gasteiger partial charge is 0.323 e. The number of alkyl halides is 1. The molecule has 0 aromatic heterocycles. The second-order valence-electron chi connectivity index (χ2n) is 3.99. The first kappa shape index (κ1) is 15.4. The third-order valence-electron chi connectivity index (χ3n) is 2.54. The molecule has 1 unspecified atom stereocenters. The highest BCUT2D eigenvalue weighted by Crippen LogP contribution is 2.24. The van der Waals surface area contributed by atoms with E-state index in [4.69, 9.17) is 4.74 Å². The van der Waals surface area contributed by atoms with Gasteiger partial charge in [0.05, 0.1) is 6.54 Å². The van der Waals surface area contributed by atoms with Crippen molar-refractivity contribution in [2.24, 2.45) is 0 Å². The number of halogens is 1. The Labute approximate surface area is 121 Å². The van der Waals surface area contributed by atoms with Crippen molar-refractivity contribution >= 4 is 28.6 Å². The zero-order valence-corrected chi connectivity index (χ0v) is 12.8. The van der Waals surface area contributed by atoms with Crippen LogP contribution in [0.4, 0.5) is 0 Å². The van der Waals surface area contributed by atoms with Crippen molar-refractivity contribution in [3.63, 3.8) is 0 Å². The molecular formula is C13H18INO3. The third kappa shape index (κ3) is 4.91. The van der Waals surface area contributed by atoms with E-state index in [1.807, 2.05) is 38.1 Å². The van der Waals surface area contributed by atoms with E-state index in [0.717, 1.165) is 16.2 Å². The van der Waals surface area contributed by atoms with Crippen LogP contribution in [0, 0.1) is 6.92 Å². The lowest BCUT2D eigenvalue weighted by molar-refractivity contribution is -0.148. The second kappa shape index (κ2) is 7.70. The van der Waals surface area contributed by atoms with Gasteiger partial charge < -0.3 is 9.94 Å². The fraction of sp³-hybridized carbons (Fsp3) is 0.462. The van der Waals surface area contributed by atoms with Gasteiger partial charge in [-0.3, -0.25) is 4.79 Å². The molecule has 1 aromatic rings. The summed E-state index contributed by atoms with van der Waals surface area (Å²) in [6.07, 6.45) is 0. The minimum atomic E-state index is -0.308. The Morgan fingerprint density at radius 1 is 1.44 bits per heavy atom. The summed E-state index contributed by atoms with van der Waals surface area (Å²) in [6, 6.07) is 7.80. The number of hydroxylamine groups is 2. The van der Waals surface area contributed by atoms with Crippen molar-refractivity contribution in [1.29, 1.82) is 0 Å². The van der Waals surface area contributed by atoms with Gasteiger partial charge in [-0.25, -0.2) is 0 Å². The normalized spacial score (nSPS) is 12.5. The number of hydrogen-bond donors (Lipinski definition) is 1. The predicted octanol–water partition coefficient (Wildman–Crippen LogP) is 2.73. The SMILES string of the molecule is CCN(O)CCOC(=O)C(I)c1ccc(C)cc1. The van der Waals surface area contributed by atoms with Crippen LogP contribution in [0.3, 0.4) is 0 Å². The number of benzene rings is 1. The van der Waals surface area contributed by atoms with Crippen LogP contribution in [0.5, 0.6) is 0 Å². The molecule has 18 heavy (non-hydrogen) atoms. The molecular weight excluding hydrogens is 345 g/mol. The molecule has 0 fully saturated rings. The fourth-order valence-electron chi connectivity index (χ4n) is 1.35. The van der Waals surface area contributed by atoms with Crippen molar-refractivity contribution < 1.29 is 14.7 Å². The van der Waals surface area contributed by atoms with E-state index < -0.39 is 0 Å². The molecule has 4 nitrogen and oxygen atoms in total. The van der Waals surface area contributed by atoms with Crippen molar-refractivity contribution in [1.82, 2.24) is 5.06 Å². The zero-order chi connectivity index (χ0) is 13.5. The maximum atomic E-state index is 11.8. The Hall–Kier alpha value is -0.660. The molecule has 1 rings (SSSR count). The Bertz CT molecular complexity index is 380.